The van der Waals surface area contributed by atoms with Crippen molar-refractivity contribution in [3.63, 3.8) is 0 Å². The van der Waals surface area contributed by atoms with E-state index in [0.717, 1.165) is 37.1 Å². The molecule has 2 unspecified atom stereocenters. The molecule has 8 heteroatoms. The van der Waals surface area contributed by atoms with Crippen LogP contribution >= 0.6 is 0 Å². The number of carbonyl (C=O) groups excluding carboxylic acids is 3. The van der Waals surface area contributed by atoms with Crippen LogP contribution in [0.25, 0.3) is 0 Å². The maximum Gasteiger partial charge on any atom is 0.236 e. The Morgan fingerprint density at radius 1 is 1.03 bits per heavy atom. The zero-order valence-electron chi connectivity index (χ0n) is 21.9. The number of unbranched alkanes of at least 4 members (excludes halogenated alkanes) is 1. The monoisotopic (exact) mass is 486 g/mol. The van der Waals surface area contributed by atoms with Crippen molar-refractivity contribution in [3.05, 3.63) is 29.8 Å². The van der Waals surface area contributed by atoms with Crippen LogP contribution in [0, 0.1) is 5.92 Å². The van der Waals surface area contributed by atoms with Crippen molar-refractivity contribution in [1.82, 2.24) is 19.6 Å². The summed E-state index contributed by atoms with van der Waals surface area (Å²) in [5.74, 6) is 0.612. The predicted molar refractivity (Wildman–Crippen MR) is 136 cm³/mol. The van der Waals surface area contributed by atoms with Crippen LogP contribution < -0.4 is 4.74 Å². The molecule has 35 heavy (non-hydrogen) atoms. The van der Waals surface area contributed by atoms with Crippen LogP contribution in [0.2, 0.25) is 0 Å². The summed E-state index contributed by atoms with van der Waals surface area (Å²) in [6, 6.07) is 7.49. The van der Waals surface area contributed by atoms with Gasteiger partial charge in [-0.25, -0.2) is 0 Å². The lowest BCUT2D eigenvalue weighted by molar-refractivity contribution is -0.136. The molecule has 0 radical (unpaired) electrons. The number of benzene rings is 1. The third-order valence-corrected chi connectivity index (χ3v) is 7.33. The summed E-state index contributed by atoms with van der Waals surface area (Å²) in [6.07, 6.45) is 2.98. The van der Waals surface area contributed by atoms with Gasteiger partial charge in [-0.2, -0.15) is 0 Å². The van der Waals surface area contributed by atoms with Gasteiger partial charge < -0.3 is 19.4 Å². The van der Waals surface area contributed by atoms with Crippen LogP contribution in [-0.4, -0.2) is 96.8 Å². The standard InChI is InChI=1S/C27H42N4O4/c1-5-8-16-31-24(32)19-23(26(31)21-10-12-22(35-4)13-11-21)27(34)30-15-9-14-28(17-18-30)20-25(33)29(6-2)7-3/h10-13,23,26H,5-9,14-20H2,1-4H3. The van der Waals surface area contributed by atoms with Gasteiger partial charge in [0.15, 0.2) is 0 Å². The number of ether oxygens (including phenoxy) is 1. The van der Waals surface area contributed by atoms with Crippen molar-refractivity contribution in [3.8, 4) is 5.75 Å². The molecular weight excluding hydrogens is 444 g/mol. The Hall–Kier alpha value is -2.61. The minimum absolute atomic E-state index is 0.0510. The van der Waals surface area contributed by atoms with Crippen molar-refractivity contribution >= 4 is 17.7 Å². The average molecular weight is 487 g/mol. The molecular formula is C27H42N4O4. The normalized spacial score (nSPS) is 21.2. The van der Waals surface area contributed by atoms with Crippen LogP contribution in [0.3, 0.4) is 0 Å². The molecule has 2 heterocycles. The number of likely N-dealkylation sites (tertiary alicyclic amines) is 1. The molecule has 0 spiro atoms. The number of nitrogens with zero attached hydrogens (tertiary/aromatic N) is 4. The van der Waals surface area contributed by atoms with Crippen LogP contribution in [0.5, 0.6) is 5.75 Å². The Kier molecular flexibility index (Phi) is 9.95. The molecule has 3 rings (SSSR count). The lowest BCUT2D eigenvalue weighted by Gasteiger charge is -2.31. The number of rotatable bonds is 10. The van der Waals surface area contributed by atoms with E-state index in [1.807, 2.05) is 52.8 Å². The van der Waals surface area contributed by atoms with E-state index in [-0.39, 0.29) is 30.2 Å². The van der Waals surface area contributed by atoms with Gasteiger partial charge in [0, 0.05) is 52.2 Å². The molecule has 2 atom stereocenters. The van der Waals surface area contributed by atoms with Crippen molar-refractivity contribution in [1.29, 1.82) is 0 Å². The Bertz CT molecular complexity index is 855. The molecule has 1 aromatic carbocycles. The summed E-state index contributed by atoms with van der Waals surface area (Å²) in [7, 11) is 1.63. The van der Waals surface area contributed by atoms with E-state index >= 15 is 0 Å². The maximum atomic E-state index is 13.8. The van der Waals surface area contributed by atoms with Gasteiger partial charge in [-0.05, 0) is 44.4 Å². The third-order valence-electron chi connectivity index (χ3n) is 7.33. The fourth-order valence-electron chi connectivity index (χ4n) is 5.27. The summed E-state index contributed by atoms with van der Waals surface area (Å²) < 4.78 is 5.31. The quantitative estimate of drug-likeness (QED) is 0.509. The second kappa shape index (κ2) is 12.9. The first kappa shape index (κ1) is 27.0. The highest BCUT2D eigenvalue weighted by Crippen LogP contribution is 2.40. The van der Waals surface area contributed by atoms with Gasteiger partial charge in [-0.3, -0.25) is 19.3 Å². The fourth-order valence-corrected chi connectivity index (χ4v) is 5.27. The average Bonchev–Trinajstić information content (AvgIpc) is 3.02. The highest BCUT2D eigenvalue weighted by molar-refractivity contribution is 5.90. The lowest BCUT2D eigenvalue weighted by atomic mass is 9.92. The molecule has 0 bridgehead atoms. The van der Waals surface area contributed by atoms with E-state index in [9.17, 15) is 14.4 Å². The largest absolute Gasteiger partial charge is 0.497 e. The topological polar surface area (TPSA) is 73.4 Å². The Balaban J connectivity index is 1.73. The highest BCUT2D eigenvalue weighted by Gasteiger charge is 2.45. The summed E-state index contributed by atoms with van der Waals surface area (Å²) in [5.41, 5.74) is 0.979. The van der Waals surface area contributed by atoms with Gasteiger partial charge in [0.2, 0.25) is 17.7 Å². The smallest absolute Gasteiger partial charge is 0.236 e. The van der Waals surface area contributed by atoms with Gasteiger partial charge in [-0.1, -0.05) is 25.5 Å². The van der Waals surface area contributed by atoms with Gasteiger partial charge in [0.25, 0.3) is 0 Å². The molecule has 0 N–H and O–H groups in total. The van der Waals surface area contributed by atoms with Crippen molar-refractivity contribution in [2.75, 3.05) is 59.5 Å². The number of hydrogen-bond acceptors (Lipinski definition) is 5. The molecule has 0 aromatic heterocycles. The zero-order chi connectivity index (χ0) is 25.4. The van der Waals surface area contributed by atoms with E-state index in [0.29, 0.717) is 45.8 Å². The minimum Gasteiger partial charge on any atom is -0.497 e. The molecule has 2 aliphatic heterocycles. The molecule has 3 amide bonds. The number of likely N-dealkylation sites (N-methyl/N-ethyl adjacent to an activating group) is 1. The van der Waals surface area contributed by atoms with E-state index in [1.54, 1.807) is 7.11 Å². The molecule has 0 saturated carbocycles. The first-order chi connectivity index (χ1) is 16.9. The zero-order valence-corrected chi connectivity index (χ0v) is 21.9. The second-order valence-corrected chi connectivity index (χ2v) is 9.49. The summed E-state index contributed by atoms with van der Waals surface area (Å²) >= 11 is 0. The molecule has 0 aliphatic carbocycles. The number of methoxy groups -OCH3 is 1. The molecule has 2 saturated heterocycles. The molecule has 1 aromatic rings. The molecule has 2 fully saturated rings. The van der Waals surface area contributed by atoms with E-state index < -0.39 is 5.92 Å². The van der Waals surface area contributed by atoms with Gasteiger partial charge in [0.1, 0.15) is 5.75 Å². The number of carbonyl (C=O) groups is 3. The summed E-state index contributed by atoms with van der Waals surface area (Å²) in [6.45, 7) is 11.3. The van der Waals surface area contributed by atoms with Crippen LogP contribution in [0.1, 0.15) is 58.1 Å². The summed E-state index contributed by atoms with van der Waals surface area (Å²) in [5, 5.41) is 0. The van der Waals surface area contributed by atoms with Gasteiger partial charge in [0.05, 0.1) is 25.6 Å². The number of hydrogen-bond donors (Lipinski definition) is 0. The van der Waals surface area contributed by atoms with Crippen LogP contribution in [0.4, 0.5) is 0 Å². The molecule has 2 aliphatic rings. The SMILES string of the molecule is CCCCN1C(=O)CC(C(=O)N2CCCN(CC(=O)N(CC)CC)CC2)C1c1ccc(OC)cc1. The van der Waals surface area contributed by atoms with Gasteiger partial charge in [-0.15, -0.1) is 0 Å². The van der Waals surface area contributed by atoms with E-state index in [1.165, 1.54) is 0 Å². The van der Waals surface area contributed by atoms with Crippen LogP contribution in [0.15, 0.2) is 24.3 Å². The first-order valence-electron chi connectivity index (χ1n) is 13.2. The minimum atomic E-state index is -0.392. The third kappa shape index (κ3) is 6.54. The Morgan fingerprint density at radius 2 is 1.74 bits per heavy atom. The van der Waals surface area contributed by atoms with E-state index in [2.05, 4.69) is 11.8 Å². The summed E-state index contributed by atoms with van der Waals surface area (Å²) in [4.78, 5) is 47.2. The van der Waals surface area contributed by atoms with Crippen molar-refractivity contribution in [2.45, 2.75) is 52.5 Å². The Morgan fingerprint density at radius 3 is 2.37 bits per heavy atom. The first-order valence-corrected chi connectivity index (χ1v) is 13.2. The molecule has 194 valence electrons. The van der Waals surface area contributed by atoms with Gasteiger partial charge >= 0.3 is 0 Å². The second-order valence-electron chi connectivity index (χ2n) is 9.49. The molecule has 8 nitrogen and oxygen atoms in total. The lowest BCUT2D eigenvalue weighted by Crippen LogP contribution is -2.43. The predicted octanol–water partition coefficient (Wildman–Crippen LogP) is 2.79. The Labute approximate surface area is 210 Å². The fraction of sp³-hybridized carbons (Fsp3) is 0.667. The van der Waals surface area contributed by atoms with Crippen molar-refractivity contribution in [2.24, 2.45) is 5.92 Å². The number of amides is 3. The van der Waals surface area contributed by atoms with Crippen molar-refractivity contribution < 1.29 is 19.1 Å². The maximum absolute atomic E-state index is 13.8. The highest BCUT2D eigenvalue weighted by atomic mass is 16.5. The van der Waals surface area contributed by atoms with E-state index in [4.69, 9.17) is 4.74 Å². The van der Waals surface area contributed by atoms with Crippen LogP contribution in [-0.2, 0) is 14.4 Å².